The fraction of sp³-hybridized carbons (Fsp3) is 0.600. The lowest BCUT2D eigenvalue weighted by atomic mass is 10.0. The Bertz CT molecular complexity index is 419. The molecule has 1 atom stereocenters. The standard InChI is InChI=1S/C15H22N2O/c16-10-14-3-1-2-7-17(14)11-12-4-5-15-13(9-12)6-8-18-15/h4-5,9,14H,1-3,6-8,10-11,16H2. The van der Waals surface area contributed by atoms with Gasteiger partial charge in [0.15, 0.2) is 0 Å². The molecule has 1 unspecified atom stereocenters. The number of fused-ring (bicyclic) bond motifs is 1. The number of nitrogens with zero attached hydrogens (tertiary/aromatic N) is 1. The van der Waals surface area contributed by atoms with Gasteiger partial charge in [-0.25, -0.2) is 0 Å². The van der Waals surface area contributed by atoms with Crippen molar-refractivity contribution in [3.8, 4) is 5.75 Å². The molecule has 1 fully saturated rings. The Kier molecular flexibility index (Phi) is 3.52. The van der Waals surface area contributed by atoms with Crippen LogP contribution in [0, 0.1) is 0 Å². The van der Waals surface area contributed by atoms with Crippen molar-refractivity contribution < 1.29 is 4.74 Å². The summed E-state index contributed by atoms with van der Waals surface area (Å²) in [4.78, 5) is 2.54. The summed E-state index contributed by atoms with van der Waals surface area (Å²) in [5.41, 5.74) is 8.65. The van der Waals surface area contributed by atoms with Crippen LogP contribution < -0.4 is 10.5 Å². The maximum absolute atomic E-state index is 5.88. The lowest BCUT2D eigenvalue weighted by molar-refractivity contribution is 0.145. The molecule has 2 aliphatic rings. The number of likely N-dealkylation sites (tertiary alicyclic amines) is 1. The van der Waals surface area contributed by atoms with Crippen molar-refractivity contribution in [1.29, 1.82) is 0 Å². The van der Waals surface area contributed by atoms with E-state index < -0.39 is 0 Å². The van der Waals surface area contributed by atoms with Crippen LogP contribution in [0.15, 0.2) is 18.2 Å². The molecule has 0 aromatic heterocycles. The van der Waals surface area contributed by atoms with Gasteiger partial charge in [0.2, 0.25) is 0 Å². The van der Waals surface area contributed by atoms with E-state index in [2.05, 4.69) is 23.1 Å². The summed E-state index contributed by atoms with van der Waals surface area (Å²) < 4.78 is 5.55. The van der Waals surface area contributed by atoms with Crippen molar-refractivity contribution >= 4 is 0 Å². The summed E-state index contributed by atoms with van der Waals surface area (Å²) in [5, 5.41) is 0. The van der Waals surface area contributed by atoms with Gasteiger partial charge in [0, 0.05) is 25.6 Å². The lowest BCUT2D eigenvalue weighted by Gasteiger charge is -2.35. The van der Waals surface area contributed by atoms with Gasteiger partial charge in [-0.2, -0.15) is 0 Å². The van der Waals surface area contributed by atoms with E-state index in [-0.39, 0.29) is 0 Å². The molecule has 0 saturated carbocycles. The van der Waals surface area contributed by atoms with Crippen LogP contribution in [0.2, 0.25) is 0 Å². The van der Waals surface area contributed by atoms with Gasteiger partial charge < -0.3 is 10.5 Å². The smallest absolute Gasteiger partial charge is 0.122 e. The van der Waals surface area contributed by atoms with Gasteiger partial charge in [-0.05, 0) is 36.6 Å². The lowest BCUT2D eigenvalue weighted by Crippen LogP contribution is -2.43. The van der Waals surface area contributed by atoms with Crippen molar-refractivity contribution in [2.24, 2.45) is 5.73 Å². The van der Waals surface area contributed by atoms with Gasteiger partial charge in [0.25, 0.3) is 0 Å². The second kappa shape index (κ2) is 5.29. The molecule has 98 valence electrons. The number of benzene rings is 1. The van der Waals surface area contributed by atoms with Gasteiger partial charge in [0.1, 0.15) is 5.75 Å². The molecule has 1 aromatic rings. The maximum atomic E-state index is 5.88. The number of nitrogens with two attached hydrogens (primary N) is 1. The molecule has 3 rings (SSSR count). The first-order chi connectivity index (χ1) is 8.86. The quantitative estimate of drug-likeness (QED) is 0.885. The van der Waals surface area contributed by atoms with Crippen molar-refractivity contribution in [2.45, 2.75) is 38.3 Å². The fourth-order valence-electron chi connectivity index (χ4n) is 3.11. The second-order valence-corrected chi connectivity index (χ2v) is 5.40. The third-order valence-electron chi connectivity index (χ3n) is 4.16. The summed E-state index contributed by atoms with van der Waals surface area (Å²) in [6.45, 7) is 3.85. The number of hydrogen-bond donors (Lipinski definition) is 1. The molecule has 1 saturated heterocycles. The first kappa shape index (κ1) is 12.0. The van der Waals surface area contributed by atoms with Gasteiger partial charge in [-0.3, -0.25) is 4.90 Å². The number of rotatable bonds is 3. The third kappa shape index (κ3) is 2.38. The number of ether oxygens (including phenoxy) is 1. The molecule has 2 N–H and O–H groups in total. The average molecular weight is 246 g/mol. The van der Waals surface area contributed by atoms with E-state index in [4.69, 9.17) is 10.5 Å². The first-order valence-corrected chi connectivity index (χ1v) is 7.05. The minimum Gasteiger partial charge on any atom is -0.493 e. The molecule has 0 radical (unpaired) electrons. The Hall–Kier alpha value is -1.06. The van der Waals surface area contributed by atoms with E-state index in [0.717, 1.165) is 31.9 Å². The number of hydrogen-bond acceptors (Lipinski definition) is 3. The molecule has 2 aliphatic heterocycles. The molecule has 3 nitrogen and oxygen atoms in total. The summed E-state index contributed by atoms with van der Waals surface area (Å²) >= 11 is 0. The highest BCUT2D eigenvalue weighted by Gasteiger charge is 2.21. The number of piperidine rings is 1. The Morgan fingerprint density at radius 3 is 3.17 bits per heavy atom. The predicted octanol–water partition coefficient (Wildman–Crippen LogP) is 1.93. The van der Waals surface area contributed by atoms with Crippen molar-refractivity contribution in [1.82, 2.24) is 4.90 Å². The molecular formula is C15H22N2O. The molecule has 3 heteroatoms. The minimum absolute atomic E-state index is 0.572. The largest absolute Gasteiger partial charge is 0.493 e. The van der Waals surface area contributed by atoms with Crippen LogP contribution >= 0.6 is 0 Å². The molecule has 2 heterocycles. The van der Waals surface area contributed by atoms with Crippen LogP contribution in [0.3, 0.4) is 0 Å². The zero-order valence-corrected chi connectivity index (χ0v) is 10.9. The monoisotopic (exact) mass is 246 g/mol. The van der Waals surface area contributed by atoms with E-state index in [1.807, 2.05) is 0 Å². The van der Waals surface area contributed by atoms with E-state index in [9.17, 15) is 0 Å². The highest BCUT2D eigenvalue weighted by Crippen LogP contribution is 2.27. The van der Waals surface area contributed by atoms with Crippen LogP contribution in [0.25, 0.3) is 0 Å². The van der Waals surface area contributed by atoms with Crippen LogP contribution in [0.5, 0.6) is 5.75 Å². The molecule has 0 spiro atoms. The summed E-state index contributed by atoms with van der Waals surface area (Å²) in [7, 11) is 0. The van der Waals surface area contributed by atoms with E-state index in [1.165, 1.54) is 36.9 Å². The van der Waals surface area contributed by atoms with Crippen molar-refractivity contribution in [3.05, 3.63) is 29.3 Å². The topological polar surface area (TPSA) is 38.5 Å². The van der Waals surface area contributed by atoms with Gasteiger partial charge >= 0.3 is 0 Å². The SMILES string of the molecule is NCC1CCCCN1Cc1ccc2c(c1)CCO2. The van der Waals surface area contributed by atoms with Crippen LogP contribution in [-0.2, 0) is 13.0 Å². The highest BCUT2D eigenvalue weighted by atomic mass is 16.5. The minimum atomic E-state index is 0.572. The zero-order chi connectivity index (χ0) is 12.4. The summed E-state index contributed by atoms with van der Waals surface area (Å²) in [5.74, 6) is 1.08. The van der Waals surface area contributed by atoms with Crippen LogP contribution in [0.1, 0.15) is 30.4 Å². The Labute approximate surface area is 109 Å². The second-order valence-electron chi connectivity index (χ2n) is 5.40. The molecule has 0 bridgehead atoms. The maximum Gasteiger partial charge on any atom is 0.122 e. The molecule has 0 amide bonds. The van der Waals surface area contributed by atoms with E-state index in [1.54, 1.807) is 0 Å². The average Bonchev–Trinajstić information content (AvgIpc) is 2.87. The summed E-state index contributed by atoms with van der Waals surface area (Å²) in [6.07, 6.45) is 4.95. The van der Waals surface area contributed by atoms with E-state index in [0.29, 0.717) is 6.04 Å². The van der Waals surface area contributed by atoms with Crippen molar-refractivity contribution in [2.75, 3.05) is 19.7 Å². The Balaban J connectivity index is 1.71. The normalized spacial score (nSPS) is 23.7. The predicted molar refractivity (Wildman–Crippen MR) is 72.7 cm³/mol. The molecular weight excluding hydrogens is 224 g/mol. The van der Waals surface area contributed by atoms with Gasteiger partial charge in [0.05, 0.1) is 6.61 Å². The van der Waals surface area contributed by atoms with Crippen molar-refractivity contribution in [3.63, 3.8) is 0 Å². The fourth-order valence-corrected chi connectivity index (χ4v) is 3.11. The highest BCUT2D eigenvalue weighted by molar-refractivity contribution is 5.39. The summed E-state index contributed by atoms with van der Waals surface area (Å²) in [6, 6.07) is 7.21. The molecule has 0 aliphatic carbocycles. The third-order valence-corrected chi connectivity index (χ3v) is 4.16. The van der Waals surface area contributed by atoms with E-state index >= 15 is 0 Å². The first-order valence-electron chi connectivity index (χ1n) is 7.05. The van der Waals surface area contributed by atoms with Gasteiger partial charge in [-0.1, -0.05) is 18.6 Å². The van der Waals surface area contributed by atoms with Crippen LogP contribution in [-0.4, -0.2) is 30.6 Å². The molecule has 18 heavy (non-hydrogen) atoms. The molecule has 1 aromatic carbocycles. The van der Waals surface area contributed by atoms with Crippen LogP contribution in [0.4, 0.5) is 0 Å². The Morgan fingerprint density at radius 1 is 1.33 bits per heavy atom. The Morgan fingerprint density at radius 2 is 2.28 bits per heavy atom. The van der Waals surface area contributed by atoms with Gasteiger partial charge in [-0.15, -0.1) is 0 Å². The zero-order valence-electron chi connectivity index (χ0n) is 10.9.